The van der Waals surface area contributed by atoms with Gasteiger partial charge in [-0.05, 0) is 26.0 Å². The molecule has 0 saturated carbocycles. The third-order valence-corrected chi connectivity index (χ3v) is 3.08. The predicted octanol–water partition coefficient (Wildman–Crippen LogP) is 5.31. The van der Waals surface area contributed by atoms with Crippen molar-refractivity contribution in [3.63, 3.8) is 0 Å². The van der Waals surface area contributed by atoms with Crippen LogP contribution in [0.2, 0.25) is 0 Å². The van der Waals surface area contributed by atoms with Crippen molar-refractivity contribution in [2.24, 2.45) is 0 Å². The largest absolute Gasteiger partial charge is 0.485 e. The van der Waals surface area contributed by atoms with Gasteiger partial charge in [0.25, 0.3) is 0 Å². The Bertz CT molecular complexity index is 733. The van der Waals surface area contributed by atoms with E-state index < -0.39 is 5.82 Å². The van der Waals surface area contributed by atoms with Crippen molar-refractivity contribution in [3.8, 4) is 17.2 Å². The molecule has 0 atom stereocenters. The fourth-order valence-corrected chi connectivity index (χ4v) is 1.82. The summed E-state index contributed by atoms with van der Waals surface area (Å²) in [6.45, 7) is 8.27. The molecule has 5 nitrogen and oxygen atoms in total. The van der Waals surface area contributed by atoms with Crippen molar-refractivity contribution in [2.75, 3.05) is 24.2 Å². The van der Waals surface area contributed by atoms with Gasteiger partial charge in [0.05, 0.1) is 12.4 Å². The number of halogens is 2. The highest BCUT2D eigenvalue weighted by molar-refractivity contribution is 5.60. The van der Waals surface area contributed by atoms with E-state index >= 15 is 0 Å². The minimum atomic E-state index is -0.519. The molecule has 0 unspecified atom stereocenters. The van der Waals surface area contributed by atoms with E-state index in [9.17, 15) is 8.78 Å². The number of nitrogens with one attached hydrogen (secondary N) is 1. The third-order valence-electron chi connectivity index (χ3n) is 3.08. The van der Waals surface area contributed by atoms with Crippen LogP contribution in [0.4, 0.5) is 20.3 Å². The monoisotopic (exact) mass is 365 g/mol. The average molecular weight is 365 g/mol. The summed E-state index contributed by atoms with van der Waals surface area (Å²) < 4.78 is 36.0. The van der Waals surface area contributed by atoms with Crippen molar-refractivity contribution in [1.82, 2.24) is 4.98 Å². The zero-order chi connectivity index (χ0) is 19.5. The second kappa shape index (κ2) is 10.9. The van der Waals surface area contributed by atoms with Gasteiger partial charge < -0.3 is 20.5 Å². The number of aromatic nitrogens is 1. The summed E-state index contributed by atoms with van der Waals surface area (Å²) >= 11 is 0. The molecule has 2 heterocycles. The number of benzene rings is 1. The second-order valence-electron chi connectivity index (χ2n) is 4.93. The maximum Gasteiger partial charge on any atom is 0.204 e. The summed E-state index contributed by atoms with van der Waals surface area (Å²) in [7, 11) is 0. The molecule has 1 aliphatic heterocycles. The third kappa shape index (κ3) is 6.23. The van der Waals surface area contributed by atoms with Gasteiger partial charge in [0, 0.05) is 24.0 Å². The topological polar surface area (TPSA) is 69.4 Å². The van der Waals surface area contributed by atoms with E-state index in [0.29, 0.717) is 36.2 Å². The Kier molecular flexibility index (Phi) is 8.91. The molecule has 7 heteroatoms. The number of nitrogens with zero attached hydrogens (tertiary/aromatic N) is 1. The number of ether oxygens (including phenoxy) is 2. The normalized spacial score (nSPS) is 12.2. The zero-order valence-corrected chi connectivity index (χ0v) is 15.5. The minimum absolute atomic E-state index is 0.0942. The Hall–Kier alpha value is -2.83. The van der Waals surface area contributed by atoms with Gasteiger partial charge in [-0.3, -0.25) is 0 Å². The molecule has 0 radical (unpaired) electrons. The van der Waals surface area contributed by atoms with E-state index in [2.05, 4.69) is 10.3 Å². The van der Waals surface area contributed by atoms with Crippen LogP contribution in [-0.4, -0.2) is 18.1 Å². The molecule has 0 amide bonds. The van der Waals surface area contributed by atoms with Crippen LogP contribution in [0.15, 0.2) is 42.4 Å². The lowest BCUT2D eigenvalue weighted by Gasteiger charge is -2.20. The molecule has 0 fully saturated rings. The van der Waals surface area contributed by atoms with Crippen LogP contribution in [-0.2, 0) is 0 Å². The molecule has 142 valence electrons. The lowest BCUT2D eigenvalue weighted by atomic mass is 10.3. The highest BCUT2D eigenvalue weighted by Gasteiger charge is 2.18. The van der Waals surface area contributed by atoms with Gasteiger partial charge in [-0.1, -0.05) is 19.9 Å². The molecular weight excluding hydrogens is 340 g/mol. The molecule has 3 N–H and O–H groups in total. The van der Waals surface area contributed by atoms with Gasteiger partial charge in [-0.15, -0.1) is 0 Å². The Balaban J connectivity index is 0.000000420. The van der Waals surface area contributed by atoms with E-state index in [1.807, 2.05) is 13.8 Å². The number of nitrogens with two attached hydrogens (primary N) is 1. The van der Waals surface area contributed by atoms with Crippen molar-refractivity contribution in [3.05, 3.63) is 48.2 Å². The SMILES string of the molecule is C/C=C(\C)F.CC.Nc1ccc(Oc2ccnc3c2OCCN3)c(F)c1. The fraction of sp³-hybridized carbons (Fsp3) is 0.316. The Morgan fingerprint density at radius 3 is 2.62 bits per heavy atom. The maximum atomic E-state index is 13.7. The van der Waals surface area contributed by atoms with Crippen LogP contribution in [0.1, 0.15) is 27.7 Å². The first-order valence-electron chi connectivity index (χ1n) is 8.38. The van der Waals surface area contributed by atoms with E-state index in [1.54, 1.807) is 25.3 Å². The quantitative estimate of drug-likeness (QED) is 0.706. The second-order valence-corrected chi connectivity index (χ2v) is 4.93. The molecule has 0 bridgehead atoms. The number of pyridine rings is 1. The average Bonchev–Trinajstić information content (AvgIpc) is 2.66. The summed E-state index contributed by atoms with van der Waals surface area (Å²) in [5.41, 5.74) is 5.84. The highest BCUT2D eigenvalue weighted by atomic mass is 19.1. The van der Waals surface area contributed by atoms with Crippen LogP contribution >= 0.6 is 0 Å². The lowest BCUT2D eigenvalue weighted by Crippen LogP contribution is -2.19. The summed E-state index contributed by atoms with van der Waals surface area (Å²) in [5, 5.41) is 3.08. The number of nitrogen functional groups attached to an aromatic ring is 1. The van der Waals surface area contributed by atoms with Crippen LogP contribution in [0.25, 0.3) is 0 Å². The maximum absolute atomic E-state index is 13.7. The van der Waals surface area contributed by atoms with Crippen molar-refractivity contribution >= 4 is 11.5 Å². The van der Waals surface area contributed by atoms with Crippen LogP contribution in [0.5, 0.6) is 17.2 Å². The van der Waals surface area contributed by atoms with Crippen molar-refractivity contribution < 1.29 is 18.3 Å². The molecule has 0 aliphatic carbocycles. The first-order valence-corrected chi connectivity index (χ1v) is 8.38. The smallest absolute Gasteiger partial charge is 0.204 e. The van der Waals surface area contributed by atoms with Crippen LogP contribution in [0, 0.1) is 5.82 Å². The van der Waals surface area contributed by atoms with Gasteiger partial charge in [0.1, 0.15) is 6.61 Å². The Morgan fingerprint density at radius 2 is 2.00 bits per heavy atom. The number of hydrogen-bond acceptors (Lipinski definition) is 5. The van der Waals surface area contributed by atoms with Crippen molar-refractivity contribution in [1.29, 1.82) is 0 Å². The molecule has 1 aliphatic rings. The summed E-state index contributed by atoms with van der Waals surface area (Å²) in [4.78, 5) is 4.13. The molecule has 2 aromatic rings. The number of fused-ring (bicyclic) bond motifs is 1. The molecule has 26 heavy (non-hydrogen) atoms. The van der Waals surface area contributed by atoms with E-state index in [-0.39, 0.29) is 11.6 Å². The summed E-state index contributed by atoms with van der Waals surface area (Å²) in [5.74, 6) is 0.960. The minimum Gasteiger partial charge on any atom is -0.485 e. The first-order chi connectivity index (χ1) is 12.5. The molecule has 0 spiro atoms. The van der Waals surface area contributed by atoms with Gasteiger partial charge in [0.15, 0.2) is 23.1 Å². The first kappa shape index (κ1) is 21.2. The van der Waals surface area contributed by atoms with E-state index in [1.165, 1.54) is 25.1 Å². The van der Waals surface area contributed by atoms with Crippen LogP contribution < -0.4 is 20.5 Å². The Morgan fingerprint density at radius 1 is 1.31 bits per heavy atom. The summed E-state index contributed by atoms with van der Waals surface area (Å²) in [6, 6.07) is 5.89. The number of rotatable bonds is 2. The van der Waals surface area contributed by atoms with Gasteiger partial charge in [-0.25, -0.2) is 13.8 Å². The molecule has 1 aromatic carbocycles. The van der Waals surface area contributed by atoms with Gasteiger partial charge >= 0.3 is 0 Å². The zero-order valence-electron chi connectivity index (χ0n) is 15.5. The molecule has 1 aromatic heterocycles. The summed E-state index contributed by atoms with van der Waals surface area (Å²) in [6.07, 6.45) is 2.99. The molecular formula is C19H25F2N3O2. The van der Waals surface area contributed by atoms with Gasteiger partial charge in [0.2, 0.25) is 5.75 Å². The highest BCUT2D eigenvalue weighted by Crippen LogP contribution is 2.38. The van der Waals surface area contributed by atoms with Gasteiger partial charge in [-0.2, -0.15) is 0 Å². The molecule has 3 rings (SSSR count). The standard InChI is InChI=1S/C13H12FN3O2.C4H7F.C2H6/c14-9-7-8(15)1-2-10(9)19-11-3-4-16-13-12(11)18-6-5-17-13;1-3-4(2)5;1-2/h1-4,7H,5-6,15H2,(H,16,17);3H,1-2H3;1-2H3/b;4-3+;. The lowest BCUT2D eigenvalue weighted by molar-refractivity contribution is 0.302. The predicted molar refractivity (Wildman–Crippen MR) is 101 cm³/mol. The fourth-order valence-electron chi connectivity index (χ4n) is 1.82. The van der Waals surface area contributed by atoms with E-state index in [4.69, 9.17) is 15.2 Å². The number of anilines is 2. The van der Waals surface area contributed by atoms with Crippen molar-refractivity contribution in [2.45, 2.75) is 27.7 Å². The van der Waals surface area contributed by atoms with E-state index in [0.717, 1.165) is 0 Å². The number of hydrogen-bond donors (Lipinski definition) is 2. The number of allylic oxidation sites excluding steroid dienone is 2. The van der Waals surface area contributed by atoms with Crippen LogP contribution in [0.3, 0.4) is 0 Å². The Labute approximate surface area is 152 Å². The molecule has 0 saturated heterocycles.